The number of nitrogens with one attached hydrogen (secondary N) is 2. The van der Waals surface area contributed by atoms with E-state index in [0.717, 1.165) is 12.1 Å². The van der Waals surface area contributed by atoms with Crippen molar-refractivity contribution in [1.82, 2.24) is 15.6 Å². The highest BCUT2D eigenvalue weighted by Gasteiger charge is 2.20. The van der Waals surface area contributed by atoms with Gasteiger partial charge in [-0.15, -0.1) is 11.3 Å². The molecule has 1 aliphatic rings. The fraction of sp³-hybridized carbons (Fsp3) is 0.600. The number of nitrogens with zero attached hydrogens (tertiary/aromatic N) is 1. The van der Waals surface area contributed by atoms with Crippen LogP contribution in [0.2, 0.25) is 0 Å². The molecule has 1 saturated carbocycles. The number of rotatable bonds is 6. The van der Waals surface area contributed by atoms with E-state index in [1.807, 2.05) is 10.9 Å². The highest BCUT2D eigenvalue weighted by atomic mass is 32.1. The summed E-state index contributed by atoms with van der Waals surface area (Å²) in [6.07, 6.45) is 3.25. The van der Waals surface area contributed by atoms with E-state index in [0.29, 0.717) is 19.1 Å². The van der Waals surface area contributed by atoms with Crippen molar-refractivity contribution < 1.29 is 4.79 Å². The van der Waals surface area contributed by atoms with Gasteiger partial charge in [0.05, 0.1) is 17.7 Å². The average Bonchev–Trinajstić information content (AvgIpc) is 2.92. The maximum absolute atomic E-state index is 11.3. The molecule has 1 amide bonds. The molecule has 0 bridgehead atoms. The average molecular weight is 225 g/mol. The molecule has 0 spiro atoms. The number of amides is 1. The topological polar surface area (TPSA) is 54.0 Å². The van der Waals surface area contributed by atoms with Gasteiger partial charge in [0.2, 0.25) is 5.91 Å². The Morgan fingerprint density at radius 1 is 1.60 bits per heavy atom. The zero-order valence-corrected chi connectivity index (χ0v) is 9.35. The van der Waals surface area contributed by atoms with Gasteiger partial charge in [-0.3, -0.25) is 4.79 Å². The standard InChI is InChI=1S/C10H15N3OS/c14-10(5-12-8-1-2-8)11-4-3-9-6-15-7-13-9/h6-8,12H,1-5H2,(H,11,14). The van der Waals surface area contributed by atoms with E-state index in [9.17, 15) is 4.79 Å². The third kappa shape index (κ3) is 3.97. The Kier molecular flexibility index (Phi) is 3.69. The minimum Gasteiger partial charge on any atom is -0.355 e. The summed E-state index contributed by atoms with van der Waals surface area (Å²) in [6.45, 7) is 1.12. The lowest BCUT2D eigenvalue weighted by Crippen LogP contribution is -2.35. The number of carbonyl (C=O) groups is 1. The van der Waals surface area contributed by atoms with E-state index in [2.05, 4.69) is 15.6 Å². The summed E-state index contributed by atoms with van der Waals surface area (Å²) in [5.74, 6) is 0.0807. The third-order valence-electron chi connectivity index (χ3n) is 2.32. The summed E-state index contributed by atoms with van der Waals surface area (Å²) in [5, 5.41) is 8.05. The molecule has 1 fully saturated rings. The van der Waals surface area contributed by atoms with Crippen LogP contribution in [-0.2, 0) is 11.2 Å². The lowest BCUT2D eigenvalue weighted by molar-refractivity contribution is -0.120. The molecule has 0 unspecified atom stereocenters. The molecule has 0 radical (unpaired) electrons. The van der Waals surface area contributed by atoms with Gasteiger partial charge in [0.15, 0.2) is 0 Å². The molecule has 0 aromatic carbocycles. The second-order valence-electron chi connectivity index (χ2n) is 3.73. The Bertz CT molecular complexity index is 308. The predicted octanol–water partition coefficient (Wildman–Crippen LogP) is 0.554. The van der Waals surface area contributed by atoms with Crippen molar-refractivity contribution >= 4 is 17.2 Å². The van der Waals surface area contributed by atoms with Crippen LogP contribution in [0.4, 0.5) is 0 Å². The first kappa shape index (κ1) is 10.6. The monoisotopic (exact) mass is 225 g/mol. The summed E-state index contributed by atoms with van der Waals surface area (Å²) >= 11 is 1.58. The molecule has 2 rings (SSSR count). The summed E-state index contributed by atoms with van der Waals surface area (Å²) in [7, 11) is 0. The lowest BCUT2D eigenvalue weighted by Gasteiger charge is -2.04. The maximum atomic E-state index is 11.3. The Hall–Kier alpha value is -0.940. The van der Waals surface area contributed by atoms with Gasteiger partial charge in [0.1, 0.15) is 0 Å². The van der Waals surface area contributed by atoms with E-state index >= 15 is 0 Å². The van der Waals surface area contributed by atoms with Crippen LogP contribution >= 0.6 is 11.3 Å². The van der Waals surface area contributed by atoms with Gasteiger partial charge in [-0.25, -0.2) is 4.98 Å². The molecule has 5 heteroatoms. The van der Waals surface area contributed by atoms with Gasteiger partial charge in [0, 0.05) is 24.4 Å². The van der Waals surface area contributed by atoms with E-state index in [1.165, 1.54) is 12.8 Å². The highest BCUT2D eigenvalue weighted by molar-refractivity contribution is 7.07. The third-order valence-corrected chi connectivity index (χ3v) is 2.95. The maximum Gasteiger partial charge on any atom is 0.233 e. The van der Waals surface area contributed by atoms with Crippen molar-refractivity contribution in [2.45, 2.75) is 25.3 Å². The molecule has 1 aromatic heterocycles. The first-order valence-corrected chi connectivity index (χ1v) is 6.16. The molecule has 1 aliphatic carbocycles. The van der Waals surface area contributed by atoms with Crippen molar-refractivity contribution in [3.8, 4) is 0 Å². The van der Waals surface area contributed by atoms with Crippen LogP contribution in [0.3, 0.4) is 0 Å². The first-order valence-electron chi connectivity index (χ1n) is 5.22. The number of aromatic nitrogens is 1. The van der Waals surface area contributed by atoms with Gasteiger partial charge in [-0.2, -0.15) is 0 Å². The van der Waals surface area contributed by atoms with Crippen LogP contribution in [0.5, 0.6) is 0 Å². The second kappa shape index (κ2) is 5.23. The van der Waals surface area contributed by atoms with Gasteiger partial charge >= 0.3 is 0 Å². The van der Waals surface area contributed by atoms with Crippen LogP contribution in [0.15, 0.2) is 10.9 Å². The Labute approximate surface area is 93.1 Å². The van der Waals surface area contributed by atoms with Crippen LogP contribution in [-0.4, -0.2) is 30.0 Å². The highest BCUT2D eigenvalue weighted by Crippen LogP contribution is 2.17. The zero-order chi connectivity index (χ0) is 10.5. The Morgan fingerprint density at radius 2 is 2.47 bits per heavy atom. The molecule has 15 heavy (non-hydrogen) atoms. The fourth-order valence-corrected chi connectivity index (χ4v) is 1.87. The summed E-state index contributed by atoms with van der Waals surface area (Å²) in [5.41, 5.74) is 2.86. The minimum absolute atomic E-state index is 0.0807. The van der Waals surface area contributed by atoms with Crippen LogP contribution in [0.1, 0.15) is 18.5 Å². The molecule has 82 valence electrons. The van der Waals surface area contributed by atoms with Crippen LogP contribution in [0, 0.1) is 0 Å². The smallest absolute Gasteiger partial charge is 0.233 e. The first-order chi connectivity index (χ1) is 7.34. The largest absolute Gasteiger partial charge is 0.355 e. The summed E-state index contributed by atoms with van der Waals surface area (Å²) < 4.78 is 0. The van der Waals surface area contributed by atoms with Crippen molar-refractivity contribution in [2.24, 2.45) is 0 Å². The van der Waals surface area contributed by atoms with Gasteiger partial charge in [-0.1, -0.05) is 0 Å². The molecule has 1 heterocycles. The molecule has 1 aromatic rings. The number of carbonyl (C=O) groups excluding carboxylic acids is 1. The van der Waals surface area contributed by atoms with Gasteiger partial charge in [-0.05, 0) is 12.8 Å². The normalized spacial score (nSPS) is 15.2. The minimum atomic E-state index is 0.0807. The second-order valence-corrected chi connectivity index (χ2v) is 4.45. The number of hydrogen-bond acceptors (Lipinski definition) is 4. The van der Waals surface area contributed by atoms with Crippen LogP contribution < -0.4 is 10.6 Å². The SMILES string of the molecule is O=C(CNC1CC1)NCCc1cscn1. The van der Waals surface area contributed by atoms with E-state index in [-0.39, 0.29) is 5.91 Å². The van der Waals surface area contributed by atoms with E-state index in [4.69, 9.17) is 0 Å². The van der Waals surface area contributed by atoms with Crippen molar-refractivity contribution in [2.75, 3.05) is 13.1 Å². The van der Waals surface area contributed by atoms with Crippen molar-refractivity contribution in [3.05, 3.63) is 16.6 Å². The summed E-state index contributed by atoms with van der Waals surface area (Å²) in [6, 6.07) is 0.592. The molecular formula is C10H15N3OS. The van der Waals surface area contributed by atoms with Crippen molar-refractivity contribution in [3.63, 3.8) is 0 Å². The molecule has 2 N–H and O–H groups in total. The quantitative estimate of drug-likeness (QED) is 0.743. The van der Waals surface area contributed by atoms with E-state index < -0.39 is 0 Å². The molecule has 0 saturated heterocycles. The molecule has 0 aliphatic heterocycles. The number of hydrogen-bond donors (Lipinski definition) is 2. The molecule has 4 nitrogen and oxygen atoms in total. The summed E-state index contributed by atoms with van der Waals surface area (Å²) in [4.78, 5) is 15.5. The number of thiazole rings is 1. The van der Waals surface area contributed by atoms with E-state index in [1.54, 1.807) is 11.3 Å². The van der Waals surface area contributed by atoms with Gasteiger partial charge in [0.25, 0.3) is 0 Å². The predicted molar refractivity (Wildman–Crippen MR) is 59.9 cm³/mol. The zero-order valence-electron chi connectivity index (χ0n) is 8.53. The fourth-order valence-electron chi connectivity index (χ4n) is 1.28. The van der Waals surface area contributed by atoms with Crippen molar-refractivity contribution in [1.29, 1.82) is 0 Å². The molecular weight excluding hydrogens is 210 g/mol. The molecule has 0 atom stereocenters. The van der Waals surface area contributed by atoms with Crippen LogP contribution in [0.25, 0.3) is 0 Å². The van der Waals surface area contributed by atoms with Gasteiger partial charge < -0.3 is 10.6 Å². The Balaban J connectivity index is 1.54. The lowest BCUT2D eigenvalue weighted by atomic mass is 10.3. The Morgan fingerprint density at radius 3 is 3.13 bits per heavy atom.